The Morgan fingerprint density at radius 2 is 2.04 bits per heavy atom. The number of primary amides is 1. The number of amides is 1. The molecule has 1 saturated heterocycles. The van der Waals surface area contributed by atoms with Crippen molar-refractivity contribution in [1.82, 2.24) is 15.5 Å². The highest BCUT2D eigenvalue weighted by molar-refractivity contribution is 5.80. The topological polar surface area (TPSA) is 92.0 Å². The number of piperidine rings is 1. The Labute approximate surface area is 146 Å². The van der Waals surface area contributed by atoms with Crippen molar-refractivity contribution in [3.05, 3.63) is 0 Å². The average molecular weight is 342 g/mol. The Balaban J connectivity index is 2.29. The molecule has 7 nitrogen and oxygen atoms in total. The second kappa shape index (κ2) is 11.3. The first kappa shape index (κ1) is 20.7. The van der Waals surface area contributed by atoms with Crippen LogP contribution in [0.2, 0.25) is 0 Å². The van der Waals surface area contributed by atoms with Crippen LogP contribution in [0.4, 0.5) is 0 Å². The molecule has 1 amide bonds. The monoisotopic (exact) mass is 341 g/mol. The molecule has 0 radical (unpaired) electrons. The normalized spacial score (nSPS) is 18.6. The van der Waals surface area contributed by atoms with Gasteiger partial charge in [0.2, 0.25) is 5.91 Å². The van der Waals surface area contributed by atoms with Crippen LogP contribution in [0.5, 0.6) is 0 Å². The molecule has 7 heteroatoms. The molecular formula is C17H35N5O2. The maximum absolute atomic E-state index is 11.0. The summed E-state index contributed by atoms with van der Waals surface area (Å²) in [6.45, 7) is 10.1. The van der Waals surface area contributed by atoms with Crippen molar-refractivity contribution in [3.8, 4) is 0 Å². The van der Waals surface area contributed by atoms with E-state index in [1.165, 1.54) is 0 Å². The van der Waals surface area contributed by atoms with Crippen molar-refractivity contribution in [2.75, 3.05) is 39.8 Å². The summed E-state index contributed by atoms with van der Waals surface area (Å²) < 4.78 is 5.77. The summed E-state index contributed by atoms with van der Waals surface area (Å²) in [7, 11) is 1.79. The molecule has 0 bridgehead atoms. The lowest BCUT2D eigenvalue weighted by Gasteiger charge is -2.32. The second-order valence-electron chi connectivity index (χ2n) is 6.69. The van der Waals surface area contributed by atoms with E-state index in [9.17, 15) is 4.79 Å². The van der Waals surface area contributed by atoms with Crippen molar-refractivity contribution in [2.45, 2.75) is 52.2 Å². The number of carbonyl (C=O) groups excluding carboxylic acids is 1. The van der Waals surface area contributed by atoms with Crippen LogP contribution in [-0.2, 0) is 9.53 Å². The van der Waals surface area contributed by atoms with Gasteiger partial charge in [0.15, 0.2) is 5.96 Å². The molecular weight excluding hydrogens is 306 g/mol. The fraction of sp³-hybridized carbons (Fsp3) is 0.882. The molecule has 1 heterocycles. The molecule has 0 aromatic heterocycles. The largest absolute Gasteiger partial charge is 0.378 e. The van der Waals surface area contributed by atoms with E-state index in [2.05, 4.69) is 34.4 Å². The van der Waals surface area contributed by atoms with Crippen LogP contribution >= 0.6 is 0 Å². The Bertz CT molecular complexity index is 392. The highest BCUT2D eigenvalue weighted by Crippen LogP contribution is 2.11. The predicted octanol–water partition coefficient (Wildman–Crippen LogP) is 0.552. The van der Waals surface area contributed by atoms with Gasteiger partial charge in [-0.3, -0.25) is 14.7 Å². The highest BCUT2D eigenvalue weighted by Gasteiger charge is 2.21. The van der Waals surface area contributed by atoms with Gasteiger partial charge in [0, 0.05) is 39.3 Å². The van der Waals surface area contributed by atoms with E-state index in [0.717, 1.165) is 51.5 Å². The number of nitrogens with one attached hydrogen (secondary N) is 2. The van der Waals surface area contributed by atoms with Crippen LogP contribution in [0.25, 0.3) is 0 Å². The number of nitrogens with zero attached hydrogens (tertiary/aromatic N) is 2. The van der Waals surface area contributed by atoms with Gasteiger partial charge in [-0.25, -0.2) is 0 Å². The van der Waals surface area contributed by atoms with E-state index >= 15 is 0 Å². The van der Waals surface area contributed by atoms with Gasteiger partial charge in [0.1, 0.15) is 0 Å². The third-order valence-corrected chi connectivity index (χ3v) is 4.38. The van der Waals surface area contributed by atoms with Gasteiger partial charge in [-0.15, -0.1) is 0 Å². The van der Waals surface area contributed by atoms with Gasteiger partial charge < -0.3 is 21.1 Å². The van der Waals surface area contributed by atoms with E-state index < -0.39 is 0 Å². The van der Waals surface area contributed by atoms with Gasteiger partial charge in [-0.05, 0) is 32.1 Å². The van der Waals surface area contributed by atoms with E-state index in [1.807, 2.05) is 6.92 Å². The molecule has 0 aliphatic carbocycles. The molecule has 0 aromatic rings. The summed E-state index contributed by atoms with van der Waals surface area (Å²) in [4.78, 5) is 17.4. The number of hydrogen-bond acceptors (Lipinski definition) is 4. The molecule has 1 unspecified atom stereocenters. The Morgan fingerprint density at radius 3 is 2.54 bits per heavy atom. The number of ether oxygens (including phenoxy) is 1. The Morgan fingerprint density at radius 1 is 1.38 bits per heavy atom. The predicted molar refractivity (Wildman–Crippen MR) is 98.0 cm³/mol. The van der Waals surface area contributed by atoms with Gasteiger partial charge in [0.05, 0.1) is 12.6 Å². The number of rotatable bonds is 9. The number of nitrogens with two attached hydrogens (primary N) is 1. The second-order valence-corrected chi connectivity index (χ2v) is 6.69. The fourth-order valence-corrected chi connectivity index (χ4v) is 3.00. The number of carbonyl (C=O) groups is 1. The van der Waals surface area contributed by atoms with Crippen LogP contribution in [0.15, 0.2) is 4.99 Å². The molecule has 1 atom stereocenters. The molecule has 0 spiro atoms. The smallest absolute Gasteiger partial charge is 0.231 e. The van der Waals surface area contributed by atoms with Crippen molar-refractivity contribution < 1.29 is 9.53 Å². The van der Waals surface area contributed by atoms with Crippen molar-refractivity contribution in [1.29, 1.82) is 0 Å². The van der Waals surface area contributed by atoms with Crippen LogP contribution in [0, 0.1) is 5.92 Å². The zero-order valence-electron chi connectivity index (χ0n) is 15.7. The summed E-state index contributed by atoms with van der Waals surface area (Å²) in [5, 5.41) is 6.84. The maximum atomic E-state index is 11.0. The third-order valence-electron chi connectivity index (χ3n) is 4.38. The Kier molecular flexibility index (Phi) is 9.71. The number of aliphatic imine (C=N–C) groups is 1. The van der Waals surface area contributed by atoms with Crippen LogP contribution < -0.4 is 16.4 Å². The van der Waals surface area contributed by atoms with Gasteiger partial charge in [-0.1, -0.05) is 13.8 Å². The average Bonchev–Trinajstić information content (AvgIpc) is 2.54. The molecule has 140 valence electrons. The summed E-state index contributed by atoms with van der Waals surface area (Å²) in [6, 6.07) is 0.383. The number of likely N-dealkylation sites (tertiary alicyclic amines) is 1. The number of guanidine groups is 1. The summed E-state index contributed by atoms with van der Waals surface area (Å²) in [6.07, 6.45) is 3.21. The van der Waals surface area contributed by atoms with E-state index in [4.69, 9.17) is 10.5 Å². The van der Waals surface area contributed by atoms with Gasteiger partial charge in [-0.2, -0.15) is 0 Å². The molecule has 4 N–H and O–H groups in total. The molecule has 0 aromatic carbocycles. The quantitative estimate of drug-likeness (QED) is 0.421. The minimum atomic E-state index is -0.257. The van der Waals surface area contributed by atoms with Gasteiger partial charge in [0.25, 0.3) is 0 Å². The third kappa shape index (κ3) is 7.97. The van der Waals surface area contributed by atoms with Crippen molar-refractivity contribution >= 4 is 11.9 Å². The standard InChI is InChI=1S/C17H35N5O2/c1-5-24-15(13(2)3)6-9-20-17(19-4)21-14-7-10-22(11-8-14)12-16(18)23/h13-15H,5-12H2,1-4H3,(H2,18,23)(H2,19,20,21). The number of hydrogen-bond donors (Lipinski definition) is 3. The molecule has 24 heavy (non-hydrogen) atoms. The maximum Gasteiger partial charge on any atom is 0.231 e. The zero-order valence-corrected chi connectivity index (χ0v) is 15.7. The summed E-state index contributed by atoms with van der Waals surface area (Å²) in [5.41, 5.74) is 5.25. The van der Waals surface area contributed by atoms with Crippen molar-refractivity contribution in [3.63, 3.8) is 0 Å². The van der Waals surface area contributed by atoms with Crippen LogP contribution in [0.3, 0.4) is 0 Å². The zero-order chi connectivity index (χ0) is 17.9. The molecule has 1 fully saturated rings. The fourth-order valence-electron chi connectivity index (χ4n) is 3.00. The lowest BCUT2D eigenvalue weighted by Crippen LogP contribution is -2.50. The summed E-state index contributed by atoms with van der Waals surface area (Å²) >= 11 is 0. The first-order chi connectivity index (χ1) is 11.5. The van der Waals surface area contributed by atoms with E-state index in [-0.39, 0.29) is 12.0 Å². The molecule has 0 saturated carbocycles. The summed E-state index contributed by atoms with van der Waals surface area (Å²) in [5.74, 6) is 1.09. The lowest BCUT2D eigenvalue weighted by atomic mass is 10.0. The van der Waals surface area contributed by atoms with Crippen LogP contribution in [0.1, 0.15) is 40.0 Å². The minimum absolute atomic E-state index is 0.257. The van der Waals surface area contributed by atoms with Crippen molar-refractivity contribution in [2.24, 2.45) is 16.6 Å². The molecule has 1 aliphatic rings. The van der Waals surface area contributed by atoms with E-state index in [1.54, 1.807) is 7.05 Å². The minimum Gasteiger partial charge on any atom is -0.378 e. The molecule has 1 rings (SSSR count). The Hall–Kier alpha value is -1.34. The SMILES string of the molecule is CCOC(CCNC(=NC)NC1CCN(CC(N)=O)CC1)C(C)C. The highest BCUT2D eigenvalue weighted by atomic mass is 16.5. The first-order valence-corrected chi connectivity index (χ1v) is 9.05. The van der Waals surface area contributed by atoms with Crippen LogP contribution in [-0.4, -0.2) is 68.7 Å². The lowest BCUT2D eigenvalue weighted by molar-refractivity contribution is -0.119. The first-order valence-electron chi connectivity index (χ1n) is 9.05. The van der Waals surface area contributed by atoms with E-state index in [0.29, 0.717) is 18.5 Å². The van der Waals surface area contributed by atoms with Gasteiger partial charge >= 0.3 is 0 Å². The molecule has 1 aliphatic heterocycles.